The maximum atomic E-state index is 13.0. The number of para-hydroxylation sites is 1. The Labute approximate surface area is 157 Å². The molecule has 0 radical (unpaired) electrons. The molecule has 1 saturated carbocycles. The molecule has 1 amide bonds. The van der Waals surface area contributed by atoms with Gasteiger partial charge in [0.2, 0.25) is 5.91 Å². The van der Waals surface area contributed by atoms with Crippen LogP contribution in [0.4, 0.5) is 18.9 Å². The van der Waals surface area contributed by atoms with E-state index in [0.717, 1.165) is 25.5 Å². The first-order valence-corrected chi connectivity index (χ1v) is 9.05. The average molecular weight is 376 g/mol. The van der Waals surface area contributed by atoms with Crippen LogP contribution in [0.15, 0.2) is 54.6 Å². The molecule has 2 aromatic rings. The highest BCUT2D eigenvalue weighted by Crippen LogP contribution is 2.47. The summed E-state index contributed by atoms with van der Waals surface area (Å²) in [5.41, 5.74) is 0.368. The molecule has 1 aliphatic carbocycles. The first-order valence-electron chi connectivity index (χ1n) is 9.05. The first kappa shape index (κ1) is 19.4. The summed E-state index contributed by atoms with van der Waals surface area (Å²) >= 11 is 0. The second-order valence-corrected chi connectivity index (χ2v) is 7.22. The molecule has 2 N–H and O–H groups in total. The fraction of sp³-hybridized carbons (Fsp3) is 0.381. The predicted octanol–water partition coefficient (Wildman–Crippen LogP) is 4.74. The van der Waals surface area contributed by atoms with Gasteiger partial charge in [-0.3, -0.25) is 4.79 Å². The van der Waals surface area contributed by atoms with E-state index in [1.54, 1.807) is 0 Å². The molecule has 144 valence electrons. The standard InChI is InChI=1S/C21H23F3N2O/c1-15(25-14-20(11-12-20)16-7-3-2-4-8-16)13-19(27)26-18-10-6-5-9-17(18)21(22,23)24/h2-10,15,25H,11-14H2,1H3,(H,26,27). The van der Waals surface area contributed by atoms with E-state index in [1.807, 2.05) is 25.1 Å². The Kier molecular flexibility index (Phi) is 5.56. The van der Waals surface area contributed by atoms with E-state index in [9.17, 15) is 18.0 Å². The third-order valence-electron chi connectivity index (χ3n) is 5.03. The second-order valence-electron chi connectivity index (χ2n) is 7.22. The van der Waals surface area contributed by atoms with Crippen molar-refractivity contribution in [3.63, 3.8) is 0 Å². The molecular weight excluding hydrogens is 353 g/mol. The van der Waals surface area contributed by atoms with Gasteiger partial charge in [0.15, 0.2) is 0 Å². The van der Waals surface area contributed by atoms with Gasteiger partial charge in [-0.25, -0.2) is 0 Å². The number of hydrogen-bond donors (Lipinski definition) is 2. The van der Waals surface area contributed by atoms with Crippen molar-refractivity contribution in [2.45, 2.75) is 43.8 Å². The van der Waals surface area contributed by atoms with Crippen molar-refractivity contribution in [2.24, 2.45) is 0 Å². The van der Waals surface area contributed by atoms with Crippen LogP contribution in [0.25, 0.3) is 0 Å². The van der Waals surface area contributed by atoms with Crippen molar-refractivity contribution in [3.05, 3.63) is 65.7 Å². The molecule has 0 spiro atoms. The Morgan fingerprint density at radius 3 is 2.33 bits per heavy atom. The predicted molar refractivity (Wildman–Crippen MR) is 99.5 cm³/mol. The Hall–Kier alpha value is -2.34. The molecule has 3 nitrogen and oxygen atoms in total. The zero-order valence-electron chi connectivity index (χ0n) is 15.1. The molecule has 1 fully saturated rings. The van der Waals surface area contributed by atoms with Gasteiger partial charge in [-0.15, -0.1) is 0 Å². The van der Waals surface area contributed by atoms with Crippen molar-refractivity contribution in [1.82, 2.24) is 5.32 Å². The van der Waals surface area contributed by atoms with Crippen molar-refractivity contribution in [1.29, 1.82) is 0 Å². The minimum absolute atomic E-state index is 0.108. The van der Waals surface area contributed by atoms with Crippen LogP contribution in [0.5, 0.6) is 0 Å². The van der Waals surface area contributed by atoms with Crippen LogP contribution >= 0.6 is 0 Å². The lowest BCUT2D eigenvalue weighted by Gasteiger charge is -2.21. The summed E-state index contributed by atoms with van der Waals surface area (Å²) in [6.07, 6.45) is -2.19. The molecule has 27 heavy (non-hydrogen) atoms. The largest absolute Gasteiger partial charge is 0.418 e. The lowest BCUT2D eigenvalue weighted by molar-refractivity contribution is -0.137. The fourth-order valence-electron chi connectivity index (χ4n) is 3.27. The Morgan fingerprint density at radius 1 is 1.07 bits per heavy atom. The van der Waals surface area contributed by atoms with Crippen molar-refractivity contribution < 1.29 is 18.0 Å². The van der Waals surface area contributed by atoms with E-state index in [-0.39, 0.29) is 23.6 Å². The quantitative estimate of drug-likeness (QED) is 0.733. The van der Waals surface area contributed by atoms with E-state index in [0.29, 0.717) is 0 Å². The van der Waals surface area contributed by atoms with E-state index < -0.39 is 17.6 Å². The van der Waals surface area contributed by atoms with E-state index in [4.69, 9.17) is 0 Å². The van der Waals surface area contributed by atoms with Gasteiger partial charge in [0, 0.05) is 24.4 Å². The number of carbonyl (C=O) groups excluding carboxylic acids is 1. The third kappa shape index (κ3) is 4.89. The molecule has 2 aromatic carbocycles. The van der Waals surface area contributed by atoms with Gasteiger partial charge in [-0.1, -0.05) is 42.5 Å². The van der Waals surface area contributed by atoms with E-state index >= 15 is 0 Å². The van der Waals surface area contributed by atoms with Gasteiger partial charge < -0.3 is 10.6 Å². The number of alkyl halides is 3. The number of halogens is 3. The van der Waals surface area contributed by atoms with Gasteiger partial charge in [0.05, 0.1) is 11.3 Å². The number of anilines is 1. The van der Waals surface area contributed by atoms with Crippen LogP contribution in [-0.4, -0.2) is 18.5 Å². The minimum Gasteiger partial charge on any atom is -0.325 e. The number of hydrogen-bond acceptors (Lipinski definition) is 2. The number of amides is 1. The van der Waals surface area contributed by atoms with Crippen molar-refractivity contribution >= 4 is 11.6 Å². The molecule has 6 heteroatoms. The number of benzene rings is 2. The SMILES string of the molecule is CC(CC(=O)Nc1ccccc1C(F)(F)F)NCC1(c2ccccc2)CC1. The summed E-state index contributed by atoms with van der Waals surface area (Å²) in [5.74, 6) is -0.434. The maximum absolute atomic E-state index is 13.0. The zero-order chi connectivity index (χ0) is 19.5. The van der Waals surface area contributed by atoms with Gasteiger partial charge in [0.1, 0.15) is 0 Å². The summed E-state index contributed by atoms with van der Waals surface area (Å²) < 4.78 is 39.1. The average Bonchev–Trinajstić information content (AvgIpc) is 3.41. The first-order chi connectivity index (χ1) is 12.8. The topological polar surface area (TPSA) is 41.1 Å². The summed E-state index contributed by atoms with van der Waals surface area (Å²) in [6.45, 7) is 2.63. The van der Waals surface area contributed by atoms with Crippen LogP contribution < -0.4 is 10.6 Å². The van der Waals surface area contributed by atoms with Gasteiger partial charge in [-0.2, -0.15) is 13.2 Å². The molecule has 0 saturated heterocycles. The lowest BCUT2D eigenvalue weighted by atomic mass is 9.95. The summed E-state index contributed by atoms with van der Waals surface area (Å²) in [4.78, 5) is 12.2. The molecule has 0 heterocycles. The lowest BCUT2D eigenvalue weighted by Crippen LogP contribution is -2.36. The zero-order valence-corrected chi connectivity index (χ0v) is 15.1. The number of carbonyl (C=O) groups is 1. The van der Waals surface area contributed by atoms with Gasteiger partial charge in [-0.05, 0) is 37.5 Å². The summed E-state index contributed by atoms with van der Waals surface area (Å²) in [5, 5.41) is 5.76. The number of rotatable bonds is 7. The molecule has 1 unspecified atom stereocenters. The Bertz CT molecular complexity index is 786. The fourth-order valence-corrected chi connectivity index (χ4v) is 3.27. The number of nitrogens with one attached hydrogen (secondary N) is 2. The molecule has 0 aliphatic heterocycles. The normalized spacial score (nSPS) is 16.6. The van der Waals surface area contributed by atoms with Crippen LogP contribution in [0, 0.1) is 0 Å². The van der Waals surface area contributed by atoms with Gasteiger partial charge in [0.25, 0.3) is 0 Å². The highest BCUT2D eigenvalue weighted by Gasteiger charge is 2.43. The highest BCUT2D eigenvalue weighted by molar-refractivity contribution is 5.92. The van der Waals surface area contributed by atoms with Crippen LogP contribution in [-0.2, 0) is 16.4 Å². The maximum Gasteiger partial charge on any atom is 0.418 e. The second kappa shape index (κ2) is 7.72. The Balaban J connectivity index is 1.53. The molecule has 3 rings (SSSR count). The van der Waals surface area contributed by atoms with Crippen molar-refractivity contribution in [2.75, 3.05) is 11.9 Å². The van der Waals surface area contributed by atoms with Crippen LogP contribution in [0.2, 0.25) is 0 Å². The molecular formula is C21H23F3N2O. The van der Waals surface area contributed by atoms with Crippen LogP contribution in [0.1, 0.15) is 37.3 Å². The van der Waals surface area contributed by atoms with Crippen LogP contribution in [0.3, 0.4) is 0 Å². The molecule has 1 aliphatic rings. The highest BCUT2D eigenvalue weighted by atomic mass is 19.4. The van der Waals surface area contributed by atoms with Crippen molar-refractivity contribution in [3.8, 4) is 0 Å². The van der Waals surface area contributed by atoms with Gasteiger partial charge >= 0.3 is 6.18 Å². The third-order valence-corrected chi connectivity index (χ3v) is 5.03. The smallest absolute Gasteiger partial charge is 0.325 e. The van der Waals surface area contributed by atoms with E-state index in [2.05, 4.69) is 22.8 Å². The monoisotopic (exact) mass is 376 g/mol. The molecule has 0 bridgehead atoms. The molecule has 1 atom stereocenters. The molecule has 0 aromatic heterocycles. The minimum atomic E-state index is -4.50. The summed E-state index contributed by atoms with van der Waals surface area (Å²) in [6, 6.07) is 15.1. The summed E-state index contributed by atoms with van der Waals surface area (Å²) in [7, 11) is 0. The Morgan fingerprint density at radius 2 is 1.70 bits per heavy atom. The van der Waals surface area contributed by atoms with E-state index in [1.165, 1.54) is 23.8 Å².